The molecule has 2 heterocycles. The van der Waals surface area contributed by atoms with Crippen LogP contribution in [0.15, 0.2) is 40.6 Å². The third-order valence-electron chi connectivity index (χ3n) is 6.11. The second-order valence-corrected chi connectivity index (χ2v) is 12.4. The van der Waals surface area contributed by atoms with Crippen molar-refractivity contribution in [3.8, 4) is 0 Å². The van der Waals surface area contributed by atoms with Crippen LogP contribution in [0.5, 0.6) is 0 Å². The Balaban J connectivity index is 1.43. The minimum absolute atomic E-state index is 0.241. The van der Waals surface area contributed by atoms with E-state index < -0.39 is 15.1 Å². The van der Waals surface area contributed by atoms with Gasteiger partial charge in [-0.1, -0.05) is 40.9 Å². The summed E-state index contributed by atoms with van der Waals surface area (Å²) in [7, 11) is -3.44. The van der Waals surface area contributed by atoms with Gasteiger partial charge in [0, 0.05) is 24.9 Å². The summed E-state index contributed by atoms with van der Waals surface area (Å²) in [5.41, 5.74) is 6.27. The predicted octanol–water partition coefficient (Wildman–Crippen LogP) is 6.41. The van der Waals surface area contributed by atoms with Gasteiger partial charge in [0.15, 0.2) is 15.0 Å². The monoisotopic (exact) mass is 508 g/mol. The molecule has 8 heteroatoms. The van der Waals surface area contributed by atoms with Crippen molar-refractivity contribution >= 4 is 49.5 Å². The summed E-state index contributed by atoms with van der Waals surface area (Å²) in [5.74, 6) is 0. The Morgan fingerprint density at radius 1 is 1.03 bits per heavy atom. The number of aryl methyl sites for hydroxylation is 3. The van der Waals surface area contributed by atoms with Gasteiger partial charge in [0.2, 0.25) is 0 Å². The first-order valence-corrected chi connectivity index (χ1v) is 13.8. The van der Waals surface area contributed by atoms with Crippen molar-refractivity contribution < 1.29 is 8.42 Å². The lowest BCUT2D eigenvalue weighted by Gasteiger charge is -2.31. The van der Waals surface area contributed by atoms with E-state index in [1.165, 1.54) is 34.4 Å². The Bertz CT molecular complexity index is 1220. The van der Waals surface area contributed by atoms with Crippen LogP contribution in [0.1, 0.15) is 40.8 Å². The number of anilines is 1. The number of benzene rings is 2. The Morgan fingerprint density at radius 3 is 2.31 bits per heavy atom. The van der Waals surface area contributed by atoms with E-state index in [1.807, 2.05) is 0 Å². The van der Waals surface area contributed by atoms with Crippen LogP contribution in [0.3, 0.4) is 0 Å². The van der Waals surface area contributed by atoms with E-state index in [1.54, 1.807) is 17.4 Å². The number of halogens is 2. The van der Waals surface area contributed by atoms with Crippen LogP contribution in [0.2, 0.25) is 10.0 Å². The van der Waals surface area contributed by atoms with Gasteiger partial charge in [-0.25, -0.2) is 13.4 Å². The normalized spacial score (nSPS) is 15.3. The molecule has 1 saturated heterocycles. The first-order valence-electron chi connectivity index (χ1n) is 10.6. The van der Waals surface area contributed by atoms with Gasteiger partial charge in [0.25, 0.3) is 0 Å². The summed E-state index contributed by atoms with van der Waals surface area (Å²) in [4.78, 5) is 7.30. The van der Waals surface area contributed by atoms with Gasteiger partial charge in [0.05, 0.1) is 25.9 Å². The molecule has 0 spiro atoms. The van der Waals surface area contributed by atoms with Crippen LogP contribution in [0.4, 0.5) is 5.13 Å². The molecule has 4 rings (SSSR count). The fraction of sp³-hybridized carbons (Fsp3) is 0.375. The average Bonchev–Trinajstić information content (AvgIpc) is 3.21. The van der Waals surface area contributed by atoms with Gasteiger partial charge in [-0.3, -0.25) is 0 Å². The van der Waals surface area contributed by atoms with Crippen molar-refractivity contribution in [2.45, 2.75) is 50.2 Å². The lowest BCUT2D eigenvalue weighted by atomic mass is 9.96. The van der Waals surface area contributed by atoms with Crippen LogP contribution in [-0.4, -0.2) is 31.7 Å². The Morgan fingerprint density at radius 2 is 1.69 bits per heavy atom. The van der Waals surface area contributed by atoms with Gasteiger partial charge in [0.1, 0.15) is 0 Å². The number of thiazole rings is 1. The van der Waals surface area contributed by atoms with E-state index in [2.05, 4.69) is 43.2 Å². The van der Waals surface area contributed by atoms with Crippen LogP contribution in [0.25, 0.3) is 0 Å². The third-order valence-corrected chi connectivity index (χ3v) is 10.1. The molecule has 1 aromatic heterocycles. The number of rotatable bonds is 5. The van der Waals surface area contributed by atoms with Crippen molar-refractivity contribution in [1.82, 2.24) is 4.98 Å². The van der Waals surface area contributed by atoms with E-state index in [4.69, 9.17) is 28.2 Å². The van der Waals surface area contributed by atoms with E-state index in [9.17, 15) is 8.42 Å². The maximum absolute atomic E-state index is 13.1. The molecule has 0 N–H and O–H groups in total. The number of piperidine rings is 1. The molecule has 0 aliphatic carbocycles. The van der Waals surface area contributed by atoms with Crippen molar-refractivity contribution in [2.24, 2.45) is 0 Å². The second kappa shape index (κ2) is 9.34. The first kappa shape index (κ1) is 23.6. The predicted molar refractivity (Wildman–Crippen MR) is 134 cm³/mol. The molecule has 32 heavy (non-hydrogen) atoms. The molecule has 0 radical (unpaired) electrons. The van der Waals surface area contributed by atoms with Gasteiger partial charge >= 0.3 is 0 Å². The minimum Gasteiger partial charge on any atom is -0.348 e. The van der Waals surface area contributed by atoms with Crippen molar-refractivity contribution in [1.29, 1.82) is 0 Å². The standard InChI is InChI=1S/C24H26Cl2N2O2S2/c1-15-10-16(2)21(17(3)11-15)12-18-14-31-24(27-18)28-8-6-19(7-9-28)32(29,30)20-4-5-22(25)23(26)13-20/h4-5,10-11,13-14,19H,6-9,12H2,1-3H3. The zero-order valence-electron chi connectivity index (χ0n) is 18.4. The number of hydrogen-bond donors (Lipinski definition) is 0. The van der Waals surface area contributed by atoms with Gasteiger partial charge in [-0.15, -0.1) is 11.3 Å². The molecular weight excluding hydrogens is 483 g/mol. The molecule has 3 aromatic rings. The highest BCUT2D eigenvalue weighted by atomic mass is 35.5. The zero-order valence-corrected chi connectivity index (χ0v) is 21.5. The molecule has 0 bridgehead atoms. The highest BCUT2D eigenvalue weighted by Crippen LogP contribution is 2.32. The van der Waals surface area contributed by atoms with Crippen LogP contribution in [-0.2, 0) is 16.3 Å². The molecule has 1 aliphatic heterocycles. The lowest BCUT2D eigenvalue weighted by Crippen LogP contribution is -2.39. The second-order valence-electron chi connectivity index (χ2n) is 8.48. The lowest BCUT2D eigenvalue weighted by molar-refractivity contribution is 0.529. The largest absolute Gasteiger partial charge is 0.348 e. The Labute approximate surface area is 204 Å². The Kier molecular flexibility index (Phi) is 6.87. The SMILES string of the molecule is Cc1cc(C)c(Cc2csc(N3CCC(S(=O)(=O)c4ccc(Cl)c(Cl)c4)CC3)n2)c(C)c1. The molecule has 0 amide bonds. The van der Waals surface area contributed by atoms with Crippen LogP contribution < -0.4 is 4.90 Å². The van der Waals surface area contributed by atoms with E-state index in [0.29, 0.717) is 31.0 Å². The summed E-state index contributed by atoms with van der Waals surface area (Å²) in [6.45, 7) is 7.76. The van der Waals surface area contributed by atoms with Gasteiger partial charge in [-0.05, 0) is 68.5 Å². The van der Waals surface area contributed by atoms with E-state index in [0.717, 1.165) is 17.2 Å². The van der Waals surface area contributed by atoms with E-state index >= 15 is 0 Å². The summed E-state index contributed by atoms with van der Waals surface area (Å²) in [6, 6.07) is 8.97. The number of sulfone groups is 1. The van der Waals surface area contributed by atoms with Gasteiger partial charge in [-0.2, -0.15) is 0 Å². The van der Waals surface area contributed by atoms with Crippen molar-refractivity contribution in [3.63, 3.8) is 0 Å². The highest BCUT2D eigenvalue weighted by Gasteiger charge is 2.32. The number of nitrogens with zero attached hydrogens (tertiary/aromatic N) is 2. The maximum Gasteiger partial charge on any atom is 0.185 e. The molecule has 1 fully saturated rings. The smallest absolute Gasteiger partial charge is 0.185 e. The molecule has 0 unspecified atom stereocenters. The summed E-state index contributed by atoms with van der Waals surface area (Å²) in [6.07, 6.45) is 1.94. The summed E-state index contributed by atoms with van der Waals surface area (Å²) >= 11 is 13.6. The fourth-order valence-electron chi connectivity index (χ4n) is 4.40. The maximum atomic E-state index is 13.1. The van der Waals surface area contributed by atoms with Crippen LogP contribution in [0, 0.1) is 20.8 Å². The number of hydrogen-bond acceptors (Lipinski definition) is 5. The molecule has 4 nitrogen and oxygen atoms in total. The first-order chi connectivity index (χ1) is 15.1. The van der Waals surface area contributed by atoms with Crippen LogP contribution >= 0.6 is 34.5 Å². The summed E-state index contributed by atoms with van der Waals surface area (Å²) in [5, 5.41) is 3.28. The fourth-order valence-corrected chi connectivity index (χ4v) is 7.39. The molecule has 1 aliphatic rings. The van der Waals surface area contributed by atoms with Crippen molar-refractivity contribution in [2.75, 3.05) is 18.0 Å². The quantitative estimate of drug-likeness (QED) is 0.399. The molecule has 2 aromatic carbocycles. The highest BCUT2D eigenvalue weighted by molar-refractivity contribution is 7.92. The summed E-state index contributed by atoms with van der Waals surface area (Å²) < 4.78 is 26.1. The zero-order chi connectivity index (χ0) is 23.0. The van der Waals surface area contributed by atoms with Crippen molar-refractivity contribution in [3.05, 3.63) is 73.7 Å². The average molecular weight is 510 g/mol. The third kappa shape index (κ3) is 4.84. The topological polar surface area (TPSA) is 50.3 Å². The molecule has 0 saturated carbocycles. The number of aromatic nitrogens is 1. The molecule has 0 atom stereocenters. The minimum atomic E-state index is -3.44. The van der Waals surface area contributed by atoms with Gasteiger partial charge < -0.3 is 4.90 Å². The molecule has 170 valence electrons. The Hall–Kier alpha value is -1.60. The molecular formula is C24H26Cl2N2O2S2. The van der Waals surface area contributed by atoms with E-state index in [-0.39, 0.29) is 9.92 Å².